The minimum absolute atomic E-state index is 0.123. The Morgan fingerprint density at radius 1 is 1.26 bits per heavy atom. The van der Waals surface area contributed by atoms with Crippen molar-refractivity contribution in [2.45, 2.75) is 24.2 Å². The van der Waals surface area contributed by atoms with Crippen molar-refractivity contribution in [2.75, 3.05) is 13.2 Å². The molecule has 0 radical (unpaired) electrons. The maximum atomic E-state index is 10.2. The average Bonchev–Trinajstić information content (AvgIpc) is 2.98. The number of hydrogen-bond acceptors (Lipinski definition) is 5. The van der Waals surface area contributed by atoms with Gasteiger partial charge in [0.2, 0.25) is 0 Å². The minimum atomic E-state index is -0.908. The van der Waals surface area contributed by atoms with E-state index >= 15 is 0 Å². The molecule has 1 spiro atoms. The predicted molar refractivity (Wildman–Crippen MR) is 70.9 cm³/mol. The molecule has 5 heteroatoms. The average molecular weight is 262 g/mol. The van der Waals surface area contributed by atoms with Crippen LogP contribution in [0.3, 0.4) is 0 Å². The molecular formula is C14H18N2O3. The van der Waals surface area contributed by atoms with E-state index in [-0.39, 0.29) is 12.5 Å². The lowest BCUT2D eigenvalue weighted by Gasteiger charge is -2.28. The fraction of sp³-hybridized carbons (Fsp3) is 0.500. The zero-order valence-corrected chi connectivity index (χ0v) is 10.5. The minimum Gasteiger partial charge on any atom is -0.396 e. The molecule has 1 aliphatic carbocycles. The van der Waals surface area contributed by atoms with Crippen LogP contribution in [0.4, 0.5) is 0 Å². The van der Waals surface area contributed by atoms with Crippen LogP contribution in [-0.2, 0) is 0 Å². The quantitative estimate of drug-likeness (QED) is 0.579. The zero-order chi connectivity index (χ0) is 13.5. The summed E-state index contributed by atoms with van der Waals surface area (Å²) in [4.78, 5) is 4.45. The van der Waals surface area contributed by atoms with Gasteiger partial charge in [0.1, 0.15) is 11.9 Å². The molecule has 0 saturated heterocycles. The van der Waals surface area contributed by atoms with Crippen molar-refractivity contribution in [1.29, 1.82) is 0 Å². The van der Waals surface area contributed by atoms with Gasteiger partial charge in [-0.2, -0.15) is 0 Å². The van der Waals surface area contributed by atoms with Crippen LogP contribution in [0.1, 0.15) is 12.0 Å². The first kappa shape index (κ1) is 12.6. The van der Waals surface area contributed by atoms with E-state index in [1.54, 1.807) is 0 Å². The number of aliphatic hydroxyl groups excluding tert-OH is 3. The van der Waals surface area contributed by atoms with E-state index in [0.717, 1.165) is 11.4 Å². The Morgan fingerprint density at radius 3 is 2.63 bits per heavy atom. The Labute approximate surface area is 111 Å². The van der Waals surface area contributed by atoms with Gasteiger partial charge in [0, 0.05) is 18.1 Å². The van der Waals surface area contributed by atoms with Crippen LogP contribution in [0, 0.1) is 5.92 Å². The Hall–Kier alpha value is -1.43. The van der Waals surface area contributed by atoms with E-state index < -0.39 is 17.7 Å². The molecule has 4 N–H and O–H groups in total. The van der Waals surface area contributed by atoms with Crippen molar-refractivity contribution >= 4 is 5.84 Å². The second kappa shape index (κ2) is 4.59. The molecule has 1 aliphatic heterocycles. The fourth-order valence-electron chi connectivity index (χ4n) is 3.04. The Bertz CT molecular complexity index is 491. The smallest absolute Gasteiger partial charge is 0.128 e. The van der Waals surface area contributed by atoms with Gasteiger partial charge in [-0.05, 0) is 6.42 Å². The van der Waals surface area contributed by atoms with Gasteiger partial charge in [0.15, 0.2) is 0 Å². The highest BCUT2D eigenvalue weighted by atomic mass is 16.3. The predicted octanol–water partition coefficient (Wildman–Crippen LogP) is -0.491. The van der Waals surface area contributed by atoms with E-state index in [2.05, 4.69) is 10.3 Å². The molecule has 0 aromatic heterocycles. The van der Waals surface area contributed by atoms with Gasteiger partial charge < -0.3 is 20.6 Å². The Kier molecular flexibility index (Phi) is 3.05. The third-order valence-electron chi connectivity index (χ3n) is 4.17. The van der Waals surface area contributed by atoms with Crippen molar-refractivity contribution in [1.82, 2.24) is 5.32 Å². The summed E-state index contributed by atoms with van der Waals surface area (Å²) in [7, 11) is 0. The molecule has 19 heavy (non-hydrogen) atoms. The van der Waals surface area contributed by atoms with Gasteiger partial charge in [-0.15, -0.1) is 0 Å². The monoisotopic (exact) mass is 262 g/mol. The van der Waals surface area contributed by atoms with Crippen molar-refractivity contribution in [3.63, 3.8) is 0 Å². The van der Waals surface area contributed by atoms with Crippen LogP contribution in [0.25, 0.3) is 0 Å². The molecule has 3 rings (SSSR count). The van der Waals surface area contributed by atoms with Crippen LogP contribution in [-0.4, -0.2) is 52.1 Å². The number of nitrogens with zero attached hydrogens (tertiary/aromatic N) is 1. The van der Waals surface area contributed by atoms with E-state index in [9.17, 15) is 15.3 Å². The molecule has 2 aliphatic rings. The summed E-state index contributed by atoms with van der Waals surface area (Å²) in [5, 5.41) is 32.7. The van der Waals surface area contributed by atoms with Crippen molar-refractivity contribution < 1.29 is 15.3 Å². The highest BCUT2D eigenvalue weighted by molar-refractivity contribution is 6.00. The van der Waals surface area contributed by atoms with Gasteiger partial charge in [-0.1, -0.05) is 30.3 Å². The van der Waals surface area contributed by atoms with Gasteiger partial charge >= 0.3 is 0 Å². The standard InChI is InChI=1S/C14H18N2O3/c17-7-10-6-14(12(19)11(10)18)8-15-13(16-14)9-4-2-1-3-5-9/h1-5,10-12,17-19H,6-8H2,(H,15,16). The molecule has 4 unspecified atom stereocenters. The normalized spacial score (nSPS) is 37.4. The summed E-state index contributed by atoms with van der Waals surface area (Å²) >= 11 is 0. The number of nitrogens with one attached hydrogen (secondary N) is 1. The Balaban J connectivity index is 1.81. The highest BCUT2D eigenvalue weighted by Gasteiger charge is 2.54. The molecule has 5 nitrogen and oxygen atoms in total. The molecular weight excluding hydrogens is 244 g/mol. The third kappa shape index (κ3) is 1.94. The summed E-state index contributed by atoms with van der Waals surface area (Å²) in [6.07, 6.45) is -1.29. The molecule has 1 fully saturated rings. The van der Waals surface area contributed by atoms with Crippen LogP contribution in [0.15, 0.2) is 35.3 Å². The van der Waals surface area contributed by atoms with Crippen molar-refractivity contribution in [3.8, 4) is 0 Å². The number of rotatable bonds is 2. The third-order valence-corrected chi connectivity index (χ3v) is 4.17. The molecule has 102 valence electrons. The summed E-state index contributed by atoms with van der Waals surface area (Å²) in [6, 6.07) is 9.70. The zero-order valence-electron chi connectivity index (χ0n) is 10.5. The van der Waals surface area contributed by atoms with Crippen molar-refractivity contribution in [2.24, 2.45) is 10.9 Å². The van der Waals surface area contributed by atoms with Crippen LogP contribution in [0.5, 0.6) is 0 Å². The molecule has 1 aromatic carbocycles. The molecule has 1 saturated carbocycles. The largest absolute Gasteiger partial charge is 0.396 e. The lowest BCUT2D eigenvalue weighted by molar-refractivity contribution is -0.0122. The number of amidine groups is 1. The second-order valence-electron chi connectivity index (χ2n) is 5.39. The summed E-state index contributed by atoms with van der Waals surface area (Å²) < 4.78 is 0. The first-order chi connectivity index (χ1) is 9.16. The Morgan fingerprint density at radius 2 is 2.00 bits per heavy atom. The van der Waals surface area contributed by atoms with Gasteiger partial charge in [-0.25, -0.2) is 0 Å². The SMILES string of the molecule is OCC1CC2(CN=C(c3ccccc3)N2)C(O)C1O. The van der Waals surface area contributed by atoms with Gasteiger partial charge in [0.05, 0.1) is 18.2 Å². The van der Waals surface area contributed by atoms with Gasteiger partial charge in [0.25, 0.3) is 0 Å². The molecule has 1 aromatic rings. The lowest BCUT2D eigenvalue weighted by Crippen LogP contribution is -2.54. The number of aliphatic imine (C=N–C) groups is 1. The van der Waals surface area contributed by atoms with Gasteiger partial charge in [-0.3, -0.25) is 4.99 Å². The first-order valence-corrected chi connectivity index (χ1v) is 6.51. The number of hydrogen-bond donors (Lipinski definition) is 4. The maximum absolute atomic E-state index is 10.2. The number of benzene rings is 1. The second-order valence-corrected chi connectivity index (χ2v) is 5.39. The van der Waals surface area contributed by atoms with Crippen LogP contribution in [0.2, 0.25) is 0 Å². The first-order valence-electron chi connectivity index (χ1n) is 6.51. The van der Waals surface area contributed by atoms with E-state index in [1.807, 2.05) is 30.3 Å². The maximum Gasteiger partial charge on any atom is 0.128 e. The molecule has 0 bridgehead atoms. The topological polar surface area (TPSA) is 85.1 Å². The molecule has 0 amide bonds. The van der Waals surface area contributed by atoms with Crippen LogP contribution < -0.4 is 5.32 Å². The fourth-order valence-corrected chi connectivity index (χ4v) is 3.04. The van der Waals surface area contributed by atoms with E-state index in [0.29, 0.717) is 13.0 Å². The van der Waals surface area contributed by atoms with E-state index in [1.165, 1.54) is 0 Å². The highest BCUT2D eigenvalue weighted by Crippen LogP contribution is 2.37. The van der Waals surface area contributed by atoms with Crippen LogP contribution >= 0.6 is 0 Å². The summed E-state index contributed by atoms with van der Waals surface area (Å²) in [5.41, 5.74) is 0.325. The van der Waals surface area contributed by atoms with E-state index in [4.69, 9.17) is 0 Å². The molecule has 4 atom stereocenters. The number of aliphatic hydroxyl groups is 3. The van der Waals surface area contributed by atoms with Crippen molar-refractivity contribution in [3.05, 3.63) is 35.9 Å². The molecule has 1 heterocycles. The summed E-state index contributed by atoms with van der Waals surface area (Å²) in [5.74, 6) is 0.443. The lowest BCUT2D eigenvalue weighted by atomic mass is 9.95. The summed E-state index contributed by atoms with van der Waals surface area (Å²) in [6.45, 7) is 0.300.